The first-order chi connectivity index (χ1) is 13.0. The molecule has 3 atom stereocenters. The van der Waals surface area contributed by atoms with Crippen LogP contribution in [0.2, 0.25) is 0 Å². The summed E-state index contributed by atoms with van der Waals surface area (Å²) in [7, 11) is 0.0297. The summed E-state index contributed by atoms with van der Waals surface area (Å²) in [6.45, 7) is 9.13. The number of nitrogens with zero attached hydrogens (tertiary/aromatic N) is 1. The normalized spacial score (nSPS) is 28.2. The summed E-state index contributed by atoms with van der Waals surface area (Å²) in [6.07, 6.45) is 12.5. The molecule has 2 unspecified atom stereocenters. The van der Waals surface area contributed by atoms with Crippen molar-refractivity contribution in [1.82, 2.24) is 4.90 Å². The molecule has 4 aliphatic rings. The van der Waals surface area contributed by atoms with Gasteiger partial charge >= 0.3 is 0 Å². The van der Waals surface area contributed by atoms with Crippen LogP contribution in [0.1, 0.15) is 45.2 Å². The molecule has 0 radical (unpaired) electrons. The van der Waals surface area contributed by atoms with Gasteiger partial charge in [0.25, 0.3) is 0 Å². The molecule has 0 bridgehead atoms. The average molecular weight is 379 g/mol. The second-order valence-corrected chi connectivity index (χ2v) is 8.89. The fourth-order valence-corrected chi connectivity index (χ4v) is 5.95. The Morgan fingerprint density at radius 3 is 2.74 bits per heavy atom. The first kappa shape index (κ1) is 17.3. The number of benzene rings is 1. The van der Waals surface area contributed by atoms with E-state index in [0.29, 0.717) is 12.1 Å². The van der Waals surface area contributed by atoms with Crippen LogP contribution in [-0.2, 0) is 9.94 Å². The van der Waals surface area contributed by atoms with Crippen LogP contribution in [0.15, 0.2) is 59.3 Å². The maximum atomic E-state index is 6.23. The average Bonchev–Trinajstić information content (AvgIpc) is 3.14. The fourth-order valence-electron chi connectivity index (χ4n) is 5.31. The molecule has 1 spiro atoms. The van der Waals surface area contributed by atoms with E-state index in [1.165, 1.54) is 28.0 Å². The Bertz CT molecular complexity index is 916. The molecule has 27 heavy (non-hydrogen) atoms. The quantitative estimate of drug-likeness (QED) is 0.647. The Morgan fingerprint density at radius 2 is 1.96 bits per heavy atom. The van der Waals surface area contributed by atoms with Crippen molar-refractivity contribution in [1.29, 1.82) is 0 Å². The van der Waals surface area contributed by atoms with E-state index in [2.05, 4.69) is 81.2 Å². The van der Waals surface area contributed by atoms with Crippen LogP contribution in [0.4, 0.5) is 0 Å². The smallest absolute Gasteiger partial charge is 0.215 e. The third-order valence-electron chi connectivity index (χ3n) is 6.10. The largest absolute Gasteiger partial charge is 0.449 e. The van der Waals surface area contributed by atoms with E-state index in [1.807, 2.05) is 0 Å². The molecule has 1 heterocycles. The van der Waals surface area contributed by atoms with Crippen LogP contribution in [0.25, 0.3) is 6.08 Å². The Balaban J connectivity index is 1.82. The Kier molecular flexibility index (Phi) is 3.90. The van der Waals surface area contributed by atoms with E-state index in [0.717, 1.165) is 12.2 Å². The Labute approximate surface area is 163 Å². The van der Waals surface area contributed by atoms with Crippen LogP contribution in [0, 0.1) is 0 Å². The van der Waals surface area contributed by atoms with Crippen molar-refractivity contribution in [2.24, 2.45) is 0 Å². The fraction of sp³-hybridized carbons (Fsp3) is 0.391. The number of rotatable bonds is 3. The first-order valence-electron chi connectivity index (χ1n) is 9.86. The summed E-state index contributed by atoms with van der Waals surface area (Å²) in [5.74, 6) is 0.955. The summed E-state index contributed by atoms with van der Waals surface area (Å²) >= 11 is 0. The van der Waals surface area contributed by atoms with E-state index in [9.17, 15) is 0 Å². The van der Waals surface area contributed by atoms with Crippen LogP contribution in [0.5, 0.6) is 5.75 Å². The van der Waals surface area contributed by atoms with Crippen molar-refractivity contribution in [3.05, 3.63) is 70.5 Å². The van der Waals surface area contributed by atoms with Gasteiger partial charge in [-0.05, 0) is 63.0 Å². The molecular weight excluding hydrogens is 353 g/mol. The van der Waals surface area contributed by atoms with Crippen molar-refractivity contribution in [2.45, 2.75) is 57.7 Å². The van der Waals surface area contributed by atoms with Crippen molar-refractivity contribution in [3.8, 4) is 5.75 Å². The van der Waals surface area contributed by atoms with Gasteiger partial charge in [0.15, 0.2) is 0 Å². The summed E-state index contributed by atoms with van der Waals surface area (Å²) in [5.41, 5.74) is 6.34. The van der Waals surface area contributed by atoms with Gasteiger partial charge in [0.1, 0.15) is 5.75 Å². The molecule has 0 fully saturated rings. The van der Waals surface area contributed by atoms with E-state index < -0.39 is 0 Å². The molecule has 5 rings (SSSR count). The lowest BCUT2D eigenvalue weighted by Gasteiger charge is -2.45. The predicted octanol–water partition coefficient (Wildman–Crippen LogP) is 5.51. The lowest BCUT2D eigenvalue weighted by molar-refractivity contribution is 0.193. The van der Waals surface area contributed by atoms with E-state index in [-0.39, 0.29) is 20.6 Å². The zero-order valence-corrected chi connectivity index (χ0v) is 17.3. The maximum Gasteiger partial charge on any atom is 0.215 e. The molecule has 0 saturated heterocycles. The second kappa shape index (κ2) is 6.09. The van der Waals surface area contributed by atoms with Crippen molar-refractivity contribution in [3.63, 3.8) is 0 Å². The molecule has 1 aromatic carbocycles. The molecule has 3 aliphatic carbocycles. The van der Waals surface area contributed by atoms with Gasteiger partial charge in [-0.2, -0.15) is 0 Å². The molecule has 0 N–H and O–H groups in total. The highest BCUT2D eigenvalue weighted by molar-refractivity contribution is 7.26. The second-order valence-electron chi connectivity index (χ2n) is 8.29. The van der Waals surface area contributed by atoms with Gasteiger partial charge in [0.2, 0.25) is 9.03 Å². The topological polar surface area (TPSA) is 21.7 Å². The lowest BCUT2D eigenvalue weighted by Crippen LogP contribution is -2.45. The Morgan fingerprint density at radius 1 is 1.15 bits per heavy atom. The van der Waals surface area contributed by atoms with Gasteiger partial charge in [0.05, 0.1) is 11.5 Å². The van der Waals surface area contributed by atoms with Crippen LogP contribution in [-0.4, -0.2) is 23.1 Å². The summed E-state index contributed by atoms with van der Waals surface area (Å²) < 4.78 is 12.4. The van der Waals surface area contributed by atoms with Crippen molar-refractivity contribution < 1.29 is 9.05 Å². The summed E-state index contributed by atoms with van der Waals surface area (Å²) in [6, 6.07) is 7.23. The monoisotopic (exact) mass is 379 g/mol. The highest BCUT2D eigenvalue weighted by Crippen LogP contribution is 2.60. The lowest BCUT2D eigenvalue weighted by atomic mass is 9.70. The van der Waals surface area contributed by atoms with Crippen LogP contribution in [0.3, 0.4) is 0 Å². The van der Waals surface area contributed by atoms with Crippen LogP contribution < -0.4 is 4.52 Å². The molecule has 4 heteroatoms. The predicted molar refractivity (Wildman–Crippen MR) is 112 cm³/mol. The molecule has 1 aliphatic heterocycles. The third kappa shape index (κ3) is 2.28. The van der Waals surface area contributed by atoms with Crippen molar-refractivity contribution in [2.75, 3.05) is 0 Å². The molecule has 0 saturated carbocycles. The summed E-state index contributed by atoms with van der Waals surface area (Å²) in [5, 5.41) is 0. The van der Waals surface area contributed by atoms with Gasteiger partial charge in [0, 0.05) is 23.3 Å². The molecule has 3 nitrogen and oxygen atoms in total. The number of allylic oxidation sites excluding steroid dienone is 4. The van der Waals surface area contributed by atoms with Gasteiger partial charge in [-0.1, -0.05) is 36.4 Å². The van der Waals surface area contributed by atoms with Gasteiger partial charge in [-0.15, -0.1) is 0 Å². The third-order valence-corrected chi connectivity index (χ3v) is 6.78. The van der Waals surface area contributed by atoms with Crippen LogP contribution >= 0.6 is 9.03 Å². The Hall–Kier alpha value is -1.83. The molecule has 0 aromatic heterocycles. The van der Waals surface area contributed by atoms with Gasteiger partial charge < -0.3 is 13.9 Å². The molecule has 1 aromatic rings. The van der Waals surface area contributed by atoms with E-state index in [4.69, 9.17) is 9.05 Å². The minimum atomic E-state index is -0.282. The molecular formula is C23H26NO2P. The van der Waals surface area contributed by atoms with E-state index >= 15 is 0 Å². The van der Waals surface area contributed by atoms with Crippen molar-refractivity contribution >= 4 is 15.1 Å². The van der Waals surface area contributed by atoms with Gasteiger partial charge in [-0.3, -0.25) is 0 Å². The standard InChI is InChI=1S/C23H26NO2P/c1-14(2)24(15(3)4)20-13-17-8-6-10-19-22(17)23(20)12-11-16-7-5-9-18(21(16)23)25-27-26-19/h5-8,10-15,18,27H,9H2,1-4H3/t18?,23-/m0/s1. The van der Waals surface area contributed by atoms with E-state index in [1.54, 1.807) is 0 Å². The molecule has 0 amide bonds. The minimum absolute atomic E-state index is 0.0297. The zero-order valence-electron chi connectivity index (χ0n) is 16.3. The molecule has 140 valence electrons. The SMILES string of the molecule is CC(C)N(C1=Cc2cccc3c2[C@@]12C=CC1=C2C(CC=C1)OPO3)C(C)C. The minimum Gasteiger partial charge on any atom is -0.449 e. The zero-order chi connectivity index (χ0) is 18.8. The van der Waals surface area contributed by atoms with Gasteiger partial charge in [-0.25, -0.2) is 0 Å². The summed E-state index contributed by atoms with van der Waals surface area (Å²) in [4.78, 5) is 2.56. The highest BCUT2D eigenvalue weighted by atomic mass is 31.1. The highest BCUT2D eigenvalue weighted by Gasteiger charge is 2.53. The number of hydrogen-bond donors (Lipinski definition) is 0. The maximum absolute atomic E-state index is 6.23. The number of hydrogen-bond acceptors (Lipinski definition) is 3. The first-order valence-corrected chi connectivity index (χ1v) is 10.7.